The van der Waals surface area contributed by atoms with Crippen molar-refractivity contribution in [2.45, 2.75) is 24.5 Å². The maximum Gasteiger partial charge on any atom is 0.438 e. The average molecular weight is 406 g/mol. The van der Waals surface area contributed by atoms with Gasteiger partial charge in [0.15, 0.2) is 5.69 Å². The average Bonchev–Trinajstić information content (AvgIpc) is 3.03. The predicted molar refractivity (Wildman–Crippen MR) is 85.6 cm³/mol. The molecule has 6 nitrogen and oxygen atoms in total. The summed E-state index contributed by atoms with van der Waals surface area (Å²) in [6.45, 7) is 0. The summed E-state index contributed by atoms with van der Waals surface area (Å²) in [6, 6.07) is 6.35. The van der Waals surface area contributed by atoms with Gasteiger partial charge in [0, 0.05) is 18.2 Å². The Morgan fingerprint density at radius 3 is 2.43 bits per heavy atom. The maximum absolute atomic E-state index is 13.3. The van der Waals surface area contributed by atoms with E-state index < -0.39 is 36.1 Å². The number of aliphatic hydroxyl groups is 1. The highest BCUT2D eigenvalue weighted by molar-refractivity contribution is 5.68. The summed E-state index contributed by atoms with van der Waals surface area (Å²) in [5.74, 6) is -0.738. The van der Waals surface area contributed by atoms with Crippen LogP contribution in [0.15, 0.2) is 35.4 Å². The van der Waals surface area contributed by atoms with E-state index in [2.05, 4.69) is 15.1 Å². The molecule has 1 aromatic carbocycles. The molecule has 1 aromatic heterocycles. The first-order valence-electron chi connectivity index (χ1n) is 7.68. The highest BCUT2D eigenvalue weighted by Crippen LogP contribution is 2.41. The zero-order chi connectivity index (χ0) is 20.7. The SMILES string of the molecule is COc1cccc(-c2cc(C(F)(F)F)nc(N3N=CCC3(O)C(F)(F)F)n2)c1. The molecule has 28 heavy (non-hydrogen) atoms. The second-order valence-electron chi connectivity index (χ2n) is 5.80. The second kappa shape index (κ2) is 6.62. The zero-order valence-electron chi connectivity index (χ0n) is 14.1. The number of hydrazone groups is 1. The van der Waals surface area contributed by atoms with E-state index in [-0.39, 0.29) is 16.3 Å². The minimum absolute atomic E-state index is 0.0636. The standard InChI is InChI=1S/C16H12F6N4O2/c1-28-10-4-2-3-9(7-10)11-8-12(15(17,18)19)25-13(24-11)26-14(27,5-6-23-26)16(20,21)22/h2-4,6-8,27H,5H2,1H3. The van der Waals surface area contributed by atoms with Crippen LogP contribution in [-0.2, 0) is 6.18 Å². The van der Waals surface area contributed by atoms with Crippen LogP contribution in [0.5, 0.6) is 5.75 Å². The van der Waals surface area contributed by atoms with Crippen molar-refractivity contribution in [3.63, 3.8) is 0 Å². The molecule has 0 amide bonds. The third-order valence-corrected chi connectivity index (χ3v) is 3.94. The first kappa shape index (κ1) is 19.9. The fourth-order valence-electron chi connectivity index (χ4n) is 2.49. The Balaban J connectivity index is 2.18. The largest absolute Gasteiger partial charge is 0.497 e. The molecule has 3 rings (SSSR count). The Morgan fingerprint density at radius 1 is 1.11 bits per heavy atom. The zero-order valence-corrected chi connectivity index (χ0v) is 14.1. The van der Waals surface area contributed by atoms with Crippen molar-refractivity contribution in [3.05, 3.63) is 36.0 Å². The van der Waals surface area contributed by atoms with Crippen LogP contribution in [-0.4, -0.2) is 40.3 Å². The number of hydrogen-bond acceptors (Lipinski definition) is 6. The Labute approximate surface area is 154 Å². The third-order valence-electron chi connectivity index (χ3n) is 3.94. The molecular formula is C16H12F6N4O2. The molecule has 0 saturated heterocycles. The van der Waals surface area contributed by atoms with Crippen molar-refractivity contribution in [3.8, 4) is 17.0 Å². The summed E-state index contributed by atoms with van der Waals surface area (Å²) in [5.41, 5.74) is -5.21. The predicted octanol–water partition coefficient (Wildman–Crippen LogP) is 3.62. The number of ether oxygens (including phenoxy) is 1. The molecule has 150 valence electrons. The smallest absolute Gasteiger partial charge is 0.438 e. The van der Waals surface area contributed by atoms with E-state index in [1.54, 1.807) is 0 Å². The van der Waals surface area contributed by atoms with E-state index in [1.807, 2.05) is 0 Å². The lowest BCUT2D eigenvalue weighted by Gasteiger charge is -2.32. The van der Waals surface area contributed by atoms with Gasteiger partial charge in [-0.05, 0) is 18.2 Å². The van der Waals surface area contributed by atoms with E-state index in [4.69, 9.17) is 4.74 Å². The Hall–Kier alpha value is -2.89. The number of aromatic nitrogens is 2. The highest BCUT2D eigenvalue weighted by atomic mass is 19.4. The van der Waals surface area contributed by atoms with Crippen LogP contribution in [0.25, 0.3) is 11.3 Å². The number of nitrogens with zero attached hydrogens (tertiary/aromatic N) is 4. The quantitative estimate of drug-likeness (QED) is 0.789. The van der Waals surface area contributed by atoms with Crippen molar-refractivity contribution in [2.24, 2.45) is 5.10 Å². The minimum atomic E-state index is -5.21. The summed E-state index contributed by atoms with van der Waals surface area (Å²) in [4.78, 5) is 6.92. The lowest BCUT2D eigenvalue weighted by molar-refractivity contribution is -0.254. The molecule has 0 bridgehead atoms. The molecule has 1 N–H and O–H groups in total. The summed E-state index contributed by atoms with van der Waals surface area (Å²) in [6.07, 6.45) is -10.4. The lowest BCUT2D eigenvalue weighted by Crippen LogP contribution is -2.55. The lowest BCUT2D eigenvalue weighted by atomic mass is 10.1. The third kappa shape index (κ3) is 3.46. The van der Waals surface area contributed by atoms with E-state index in [1.165, 1.54) is 31.4 Å². The van der Waals surface area contributed by atoms with Gasteiger partial charge < -0.3 is 9.84 Å². The Kier molecular flexibility index (Phi) is 4.69. The van der Waals surface area contributed by atoms with Crippen LogP contribution in [0.4, 0.5) is 32.3 Å². The second-order valence-corrected chi connectivity index (χ2v) is 5.80. The van der Waals surface area contributed by atoms with Gasteiger partial charge in [0.05, 0.1) is 12.8 Å². The summed E-state index contributed by atoms with van der Waals surface area (Å²) in [7, 11) is 1.34. The maximum atomic E-state index is 13.3. The van der Waals surface area contributed by atoms with Crippen molar-refractivity contribution in [1.82, 2.24) is 9.97 Å². The van der Waals surface area contributed by atoms with E-state index in [9.17, 15) is 31.4 Å². The molecule has 1 aliphatic heterocycles. The number of rotatable bonds is 3. The first-order valence-corrected chi connectivity index (χ1v) is 7.68. The van der Waals surface area contributed by atoms with E-state index in [0.29, 0.717) is 11.8 Å². The van der Waals surface area contributed by atoms with Gasteiger partial charge in [-0.3, -0.25) is 0 Å². The molecule has 2 aromatic rings. The summed E-state index contributed by atoms with van der Waals surface area (Å²) < 4.78 is 84.6. The molecule has 1 aliphatic rings. The molecule has 0 fully saturated rings. The van der Waals surface area contributed by atoms with Crippen LogP contribution < -0.4 is 9.75 Å². The molecule has 0 saturated carbocycles. The molecule has 0 aliphatic carbocycles. The van der Waals surface area contributed by atoms with Gasteiger partial charge in [-0.15, -0.1) is 0 Å². The number of alkyl halides is 6. The van der Waals surface area contributed by atoms with Gasteiger partial charge in [0.2, 0.25) is 5.95 Å². The van der Waals surface area contributed by atoms with Crippen LogP contribution in [0.3, 0.4) is 0 Å². The topological polar surface area (TPSA) is 70.8 Å². The van der Waals surface area contributed by atoms with Crippen LogP contribution >= 0.6 is 0 Å². The normalized spacial score (nSPS) is 19.9. The number of hydrogen-bond donors (Lipinski definition) is 1. The van der Waals surface area contributed by atoms with Crippen LogP contribution in [0, 0.1) is 0 Å². The fourth-order valence-corrected chi connectivity index (χ4v) is 2.49. The van der Waals surface area contributed by atoms with Gasteiger partial charge in [0.25, 0.3) is 5.72 Å². The monoisotopic (exact) mass is 406 g/mol. The molecule has 0 radical (unpaired) electrons. The number of methoxy groups -OCH3 is 1. The van der Waals surface area contributed by atoms with Crippen molar-refractivity contribution in [2.75, 3.05) is 12.1 Å². The molecule has 1 unspecified atom stereocenters. The first-order chi connectivity index (χ1) is 13.0. The number of benzene rings is 1. The molecule has 2 heterocycles. The molecule has 1 atom stereocenters. The van der Waals surface area contributed by atoms with E-state index in [0.717, 1.165) is 6.21 Å². The van der Waals surface area contributed by atoms with Gasteiger partial charge in [0.1, 0.15) is 5.75 Å². The van der Waals surface area contributed by atoms with Crippen molar-refractivity contribution in [1.29, 1.82) is 0 Å². The fraction of sp³-hybridized carbons (Fsp3) is 0.312. The highest BCUT2D eigenvalue weighted by Gasteiger charge is 2.61. The summed E-state index contributed by atoms with van der Waals surface area (Å²) >= 11 is 0. The molecule has 0 spiro atoms. The number of anilines is 1. The summed E-state index contributed by atoms with van der Waals surface area (Å²) in [5, 5.41) is 13.2. The molecular weight excluding hydrogens is 394 g/mol. The van der Waals surface area contributed by atoms with Gasteiger partial charge in [-0.1, -0.05) is 12.1 Å². The van der Waals surface area contributed by atoms with Crippen molar-refractivity contribution < 1.29 is 36.2 Å². The van der Waals surface area contributed by atoms with Gasteiger partial charge in [-0.25, -0.2) is 9.97 Å². The Bertz CT molecular complexity index is 915. The van der Waals surface area contributed by atoms with Crippen LogP contribution in [0.1, 0.15) is 12.1 Å². The number of halogens is 6. The van der Waals surface area contributed by atoms with Gasteiger partial charge >= 0.3 is 12.4 Å². The minimum Gasteiger partial charge on any atom is -0.497 e. The van der Waals surface area contributed by atoms with E-state index >= 15 is 0 Å². The molecule has 12 heteroatoms. The van der Waals surface area contributed by atoms with Crippen molar-refractivity contribution >= 4 is 12.2 Å². The van der Waals surface area contributed by atoms with Gasteiger partial charge in [-0.2, -0.15) is 36.5 Å². The Morgan fingerprint density at radius 2 is 1.82 bits per heavy atom. The van der Waals surface area contributed by atoms with Crippen LogP contribution in [0.2, 0.25) is 0 Å².